The average Bonchev–Trinajstić information content (AvgIpc) is 3.02. The van der Waals surface area contributed by atoms with Crippen LogP contribution in [0.15, 0.2) is 12.2 Å². The standard InChI is InChI=1S/C18H31NO6Si.H4NPSi/c1-4-25-26(23-2,24-3)15-9-7-11-16(20)10-6-5-8-14-19-17(21)12-13-18(19)22;1-3-2/h12-13H,4-11,14-15H2,1-3H3;1,3H,2H2. The third-order valence-electron chi connectivity index (χ3n) is 4.41. The third kappa shape index (κ3) is 11.8. The normalized spacial score (nSPS) is 13.4. The molecule has 2 amide bonds. The van der Waals surface area contributed by atoms with Gasteiger partial charge in [-0.1, -0.05) is 6.42 Å². The van der Waals surface area contributed by atoms with Crippen molar-refractivity contribution in [2.75, 3.05) is 27.4 Å². The van der Waals surface area contributed by atoms with E-state index in [2.05, 4.69) is 8.79 Å². The Balaban J connectivity index is 0.00000245. The highest BCUT2D eigenvalue weighted by Gasteiger charge is 2.37. The number of rotatable bonds is 15. The Morgan fingerprint density at radius 1 is 1.07 bits per heavy atom. The zero-order valence-electron chi connectivity index (χ0n) is 17.8. The van der Waals surface area contributed by atoms with Gasteiger partial charge in [0.05, 0.1) is 0 Å². The second kappa shape index (κ2) is 16.8. The van der Waals surface area contributed by atoms with Gasteiger partial charge in [-0.3, -0.25) is 19.3 Å². The molecule has 0 aliphatic carbocycles. The summed E-state index contributed by atoms with van der Waals surface area (Å²) in [5.74, 6) is -0.242. The Morgan fingerprint density at radius 2 is 1.59 bits per heavy atom. The first-order chi connectivity index (χ1) is 13.9. The summed E-state index contributed by atoms with van der Waals surface area (Å²) < 4.78 is 16.5. The first-order valence-corrected chi connectivity index (χ1v) is 15.1. The molecule has 0 saturated carbocycles. The molecule has 0 spiro atoms. The molecular weight excluding hydrogens is 427 g/mol. The summed E-state index contributed by atoms with van der Waals surface area (Å²) in [6.07, 6.45) is 7.68. The molecule has 0 radical (unpaired) electrons. The maximum absolute atomic E-state index is 11.9. The summed E-state index contributed by atoms with van der Waals surface area (Å²) in [6, 6.07) is 0.715. The van der Waals surface area contributed by atoms with Crippen molar-refractivity contribution in [2.24, 2.45) is 0 Å². The minimum absolute atomic E-state index is 0.0833. The Labute approximate surface area is 179 Å². The number of amides is 2. The van der Waals surface area contributed by atoms with E-state index in [0.29, 0.717) is 32.0 Å². The number of carbonyl (C=O) groups excluding carboxylic acids is 3. The van der Waals surface area contributed by atoms with Crippen molar-refractivity contribution in [3.05, 3.63) is 12.2 Å². The quantitative estimate of drug-likeness (QED) is 0.173. The van der Waals surface area contributed by atoms with Crippen molar-refractivity contribution < 1.29 is 27.7 Å². The molecule has 0 fully saturated rings. The van der Waals surface area contributed by atoms with Crippen LogP contribution in [0.1, 0.15) is 51.9 Å². The summed E-state index contributed by atoms with van der Waals surface area (Å²) in [7, 11) is 2.91. The molecule has 1 aliphatic rings. The van der Waals surface area contributed by atoms with Crippen LogP contribution in [0.2, 0.25) is 6.04 Å². The molecule has 1 aliphatic heterocycles. The summed E-state index contributed by atoms with van der Waals surface area (Å²) in [4.78, 5) is 36.0. The van der Waals surface area contributed by atoms with Gasteiger partial charge in [0, 0.05) is 58.4 Å². The van der Waals surface area contributed by atoms with E-state index in [-0.39, 0.29) is 26.6 Å². The van der Waals surface area contributed by atoms with Crippen LogP contribution in [0.4, 0.5) is 0 Å². The van der Waals surface area contributed by atoms with E-state index in [1.54, 1.807) is 14.2 Å². The van der Waals surface area contributed by atoms with Crippen molar-refractivity contribution >= 4 is 44.2 Å². The van der Waals surface area contributed by atoms with Crippen LogP contribution < -0.4 is 0 Å². The van der Waals surface area contributed by atoms with Gasteiger partial charge in [0.1, 0.15) is 14.8 Å². The van der Waals surface area contributed by atoms with Crippen LogP contribution in [0.3, 0.4) is 0 Å². The number of ketones is 1. The van der Waals surface area contributed by atoms with E-state index in [1.807, 2.05) is 6.92 Å². The maximum atomic E-state index is 11.9. The van der Waals surface area contributed by atoms with E-state index >= 15 is 0 Å². The Kier molecular flexibility index (Phi) is 16.3. The molecule has 1 N–H and O–H groups in total. The molecule has 0 saturated heterocycles. The predicted molar refractivity (Wildman–Crippen MR) is 119 cm³/mol. The first-order valence-electron chi connectivity index (χ1n) is 9.89. The first kappa shape index (κ1) is 28.1. The number of carbonyl (C=O) groups is 3. The average molecular weight is 463 g/mol. The van der Waals surface area contributed by atoms with Crippen molar-refractivity contribution in [2.45, 2.75) is 57.9 Å². The maximum Gasteiger partial charge on any atom is 0.500 e. The Morgan fingerprint density at radius 3 is 2.07 bits per heavy atom. The van der Waals surface area contributed by atoms with E-state index < -0.39 is 8.80 Å². The fourth-order valence-corrected chi connectivity index (χ4v) is 4.98. The molecule has 1 atom stereocenters. The van der Waals surface area contributed by atoms with Gasteiger partial charge in [-0.25, -0.2) is 0 Å². The van der Waals surface area contributed by atoms with Crippen molar-refractivity contribution in [3.63, 3.8) is 0 Å². The summed E-state index contributed by atoms with van der Waals surface area (Å²) in [5.41, 5.74) is 0. The highest BCUT2D eigenvalue weighted by Crippen LogP contribution is 2.18. The zero-order chi connectivity index (χ0) is 22.1. The lowest BCUT2D eigenvalue weighted by atomic mass is 10.1. The molecule has 0 aromatic rings. The Bertz CT molecular complexity index is 540. The van der Waals surface area contributed by atoms with Crippen LogP contribution in [0, 0.1) is 5.05 Å². The Hall–Kier alpha value is -0.906. The molecule has 1 unspecified atom stereocenters. The van der Waals surface area contributed by atoms with Crippen molar-refractivity contribution in [1.82, 2.24) is 4.90 Å². The van der Waals surface area contributed by atoms with E-state index in [9.17, 15) is 14.4 Å². The highest BCUT2D eigenvalue weighted by atomic mass is 31.3. The van der Waals surface area contributed by atoms with Crippen LogP contribution in [0.25, 0.3) is 0 Å². The molecule has 166 valence electrons. The summed E-state index contributed by atoms with van der Waals surface area (Å²) >= 11 is 0. The predicted octanol–water partition coefficient (Wildman–Crippen LogP) is 2.45. The molecule has 0 aromatic carbocycles. The smallest absolute Gasteiger partial charge is 0.377 e. The van der Waals surface area contributed by atoms with Gasteiger partial charge in [0.25, 0.3) is 11.8 Å². The number of hydrogen-bond donors (Lipinski definition) is 1. The number of Topliss-reactive ketones (excluding diaryl/α,β-unsaturated/α-hetero) is 1. The van der Waals surface area contributed by atoms with Crippen molar-refractivity contribution in [1.29, 1.82) is 5.05 Å². The lowest BCUT2D eigenvalue weighted by Gasteiger charge is -2.25. The van der Waals surface area contributed by atoms with Crippen LogP contribution in [-0.4, -0.2) is 67.7 Å². The second-order valence-corrected chi connectivity index (χ2v) is 10.7. The summed E-state index contributed by atoms with van der Waals surface area (Å²) in [5, 5.41) is 6.25. The van der Waals surface area contributed by atoms with Crippen LogP contribution in [0.5, 0.6) is 0 Å². The highest BCUT2D eigenvalue weighted by molar-refractivity contribution is 7.52. The van der Waals surface area contributed by atoms with Crippen molar-refractivity contribution in [3.8, 4) is 0 Å². The SMILES string of the molecule is CCO[Si](CCCCC(=O)CCCCCN1C(=O)C=CC1=O)(OC)OC.N=[SiH]P. The number of nitrogens with zero attached hydrogens (tertiary/aromatic N) is 1. The monoisotopic (exact) mass is 462 g/mol. The minimum atomic E-state index is -2.55. The van der Waals surface area contributed by atoms with Gasteiger partial charge in [-0.15, -0.1) is 8.79 Å². The van der Waals surface area contributed by atoms with Gasteiger partial charge in [0.15, 0.2) is 0 Å². The number of nitrogens with one attached hydrogen (secondary N) is 1. The van der Waals surface area contributed by atoms with Gasteiger partial charge < -0.3 is 18.3 Å². The van der Waals surface area contributed by atoms with Crippen LogP contribution in [-0.2, 0) is 27.7 Å². The van der Waals surface area contributed by atoms with E-state index in [1.165, 1.54) is 17.1 Å². The molecule has 11 heteroatoms. The fourth-order valence-electron chi connectivity index (χ4n) is 2.91. The largest absolute Gasteiger partial charge is 0.500 e. The number of hydrogen-bond acceptors (Lipinski definition) is 7. The second-order valence-electron chi connectivity index (χ2n) is 6.41. The lowest BCUT2D eigenvalue weighted by Crippen LogP contribution is -2.43. The molecule has 1 heterocycles. The minimum Gasteiger partial charge on any atom is -0.377 e. The van der Waals surface area contributed by atoms with Crippen LogP contribution >= 0.6 is 8.79 Å². The molecule has 29 heavy (non-hydrogen) atoms. The number of unbranched alkanes of at least 4 members (excludes halogenated alkanes) is 3. The fraction of sp³-hybridized carbons (Fsp3) is 0.722. The molecule has 0 bridgehead atoms. The third-order valence-corrected chi connectivity index (χ3v) is 7.35. The zero-order valence-corrected chi connectivity index (χ0v) is 21.1. The lowest BCUT2D eigenvalue weighted by molar-refractivity contribution is -0.136. The van der Waals surface area contributed by atoms with Gasteiger partial charge >= 0.3 is 8.80 Å². The van der Waals surface area contributed by atoms with Gasteiger partial charge in [0.2, 0.25) is 0 Å². The topological polar surface area (TPSA) is 106 Å². The van der Waals surface area contributed by atoms with Gasteiger partial charge in [-0.2, -0.15) is 0 Å². The molecular formula is C18H35N2O6PSi2. The number of imide groups is 1. The van der Waals surface area contributed by atoms with E-state index in [0.717, 1.165) is 32.1 Å². The van der Waals surface area contributed by atoms with E-state index in [4.69, 9.17) is 18.3 Å². The summed E-state index contributed by atoms with van der Waals surface area (Å²) in [6.45, 7) is 2.89. The van der Waals surface area contributed by atoms with Gasteiger partial charge in [-0.05, 0) is 32.6 Å². The molecule has 8 nitrogen and oxygen atoms in total. The molecule has 1 rings (SSSR count). The molecule has 0 aromatic heterocycles.